The summed E-state index contributed by atoms with van der Waals surface area (Å²) in [7, 11) is 1.59. The van der Waals surface area contributed by atoms with Gasteiger partial charge >= 0.3 is 0 Å². The number of amidine groups is 1. The molecular weight excluding hydrogens is 646 g/mol. The molecule has 35 heavy (non-hydrogen) atoms. The minimum atomic E-state index is -0.329. The van der Waals surface area contributed by atoms with Gasteiger partial charge in [-0.1, -0.05) is 28.1 Å². The molecule has 5 nitrogen and oxygen atoms in total. The van der Waals surface area contributed by atoms with Crippen molar-refractivity contribution in [3.05, 3.63) is 90.6 Å². The first-order valence-corrected chi connectivity index (χ1v) is 13.4. The molecule has 1 amide bonds. The maximum absolute atomic E-state index is 13.2. The first kappa shape index (κ1) is 25.7. The van der Waals surface area contributed by atoms with E-state index in [1.54, 1.807) is 24.1 Å². The number of likely N-dealkylation sites (N-methyl/N-ethyl adjacent to an activating group) is 1. The SMILES string of the molecule is CCN1C(=O)/C(=C\c2cc(I)c(OCc3ccc(Br)cc3)c(OC)c2)SC1=Nc1ccc(F)cc1. The molecule has 1 saturated heterocycles. The Morgan fingerprint density at radius 3 is 2.51 bits per heavy atom. The molecule has 4 rings (SSSR count). The van der Waals surface area contributed by atoms with E-state index in [9.17, 15) is 9.18 Å². The topological polar surface area (TPSA) is 51.1 Å². The molecule has 1 aliphatic rings. The third-order valence-electron chi connectivity index (χ3n) is 5.10. The van der Waals surface area contributed by atoms with Crippen molar-refractivity contribution in [2.75, 3.05) is 13.7 Å². The molecule has 1 heterocycles. The fourth-order valence-electron chi connectivity index (χ4n) is 3.35. The van der Waals surface area contributed by atoms with Crippen LogP contribution < -0.4 is 9.47 Å². The van der Waals surface area contributed by atoms with Crippen molar-refractivity contribution >= 4 is 73.1 Å². The molecule has 180 valence electrons. The van der Waals surface area contributed by atoms with Gasteiger partial charge in [0.2, 0.25) is 0 Å². The number of benzene rings is 3. The number of rotatable bonds is 7. The monoisotopic (exact) mass is 666 g/mol. The second-order valence-electron chi connectivity index (χ2n) is 7.48. The first-order chi connectivity index (χ1) is 16.9. The summed E-state index contributed by atoms with van der Waals surface area (Å²) in [5, 5.41) is 0.562. The molecule has 0 bridgehead atoms. The Morgan fingerprint density at radius 1 is 1.14 bits per heavy atom. The number of carbonyl (C=O) groups is 1. The highest BCUT2D eigenvalue weighted by Gasteiger charge is 2.32. The quantitative estimate of drug-likeness (QED) is 0.195. The van der Waals surface area contributed by atoms with Gasteiger partial charge in [0.15, 0.2) is 16.7 Å². The normalized spacial score (nSPS) is 15.8. The van der Waals surface area contributed by atoms with Gasteiger partial charge in [0, 0.05) is 11.0 Å². The summed E-state index contributed by atoms with van der Waals surface area (Å²) in [5.74, 6) is 0.786. The van der Waals surface area contributed by atoms with E-state index in [1.807, 2.05) is 49.4 Å². The van der Waals surface area contributed by atoms with Gasteiger partial charge in [-0.2, -0.15) is 0 Å². The number of aliphatic imine (C=N–C) groups is 1. The molecule has 1 fully saturated rings. The van der Waals surface area contributed by atoms with Crippen molar-refractivity contribution in [2.45, 2.75) is 13.5 Å². The van der Waals surface area contributed by atoms with Crippen molar-refractivity contribution < 1.29 is 18.7 Å². The average Bonchev–Trinajstić information content (AvgIpc) is 3.14. The van der Waals surface area contributed by atoms with Crippen LogP contribution in [-0.4, -0.2) is 29.6 Å². The third kappa shape index (κ3) is 6.25. The van der Waals surface area contributed by atoms with Crippen LogP contribution in [0.5, 0.6) is 11.5 Å². The first-order valence-electron chi connectivity index (χ1n) is 10.7. The van der Waals surface area contributed by atoms with Crippen molar-refractivity contribution in [3.63, 3.8) is 0 Å². The zero-order chi connectivity index (χ0) is 24.9. The molecule has 1 aliphatic heterocycles. The van der Waals surface area contributed by atoms with Crippen LogP contribution in [-0.2, 0) is 11.4 Å². The highest BCUT2D eigenvalue weighted by molar-refractivity contribution is 14.1. The lowest BCUT2D eigenvalue weighted by Crippen LogP contribution is -2.28. The lowest BCUT2D eigenvalue weighted by molar-refractivity contribution is -0.122. The fourth-order valence-corrected chi connectivity index (χ4v) is 5.45. The number of ether oxygens (including phenoxy) is 2. The summed E-state index contributed by atoms with van der Waals surface area (Å²) in [6, 6.07) is 17.6. The lowest BCUT2D eigenvalue weighted by atomic mass is 10.1. The van der Waals surface area contributed by atoms with E-state index < -0.39 is 0 Å². The smallest absolute Gasteiger partial charge is 0.266 e. The number of methoxy groups -OCH3 is 1. The maximum atomic E-state index is 13.2. The van der Waals surface area contributed by atoms with Crippen molar-refractivity contribution in [2.24, 2.45) is 4.99 Å². The predicted molar refractivity (Wildman–Crippen MR) is 151 cm³/mol. The number of hydrogen-bond acceptors (Lipinski definition) is 5. The largest absolute Gasteiger partial charge is 0.493 e. The van der Waals surface area contributed by atoms with Crippen molar-refractivity contribution in [1.29, 1.82) is 0 Å². The van der Waals surface area contributed by atoms with E-state index in [-0.39, 0.29) is 11.7 Å². The molecule has 3 aromatic rings. The average molecular weight is 667 g/mol. The predicted octanol–water partition coefficient (Wildman–Crippen LogP) is 7.40. The number of carbonyl (C=O) groups excluding carboxylic acids is 1. The summed E-state index contributed by atoms with van der Waals surface area (Å²) in [4.78, 5) is 19.7. The Morgan fingerprint density at radius 2 is 1.86 bits per heavy atom. The van der Waals surface area contributed by atoms with Crippen LogP contribution in [0, 0.1) is 9.39 Å². The number of nitrogens with zero attached hydrogens (tertiary/aromatic N) is 2. The highest BCUT2D eigenvalue weighted by atomic mass is 127. The standard InChI is InChI=1S/C26H21BrFIN2O3S/c1-3-31-25(32)23(35-26(31)30-20-10-8-19(28)9-11-20)14-17-12-21(29)24(22(13-17)33-2)34-15-16-4-6-18(27)7-5-16/h4-14H,3,15H2,1-2H3/b23-14+,30-26?. The van der Waals surface area contributed by atoms with E-state index in [1.165, 1.54) is 23.9 Å². The summed E-state index contributed by atoms with van der Waals surface area (Å²) in [6.45, 7) is 2.78. The number of thioether (sulfide) groups is 1. The Labute approximate surface area is 229 Å². The van der Waals surface area contributed by atoms with E-state index in [2.05, 4.69) is 43.5 Å². The zero-order valence-corrected chi connectivity index (χ0v) is 23.5. The molecule has 0 radical (unpaired) electrons. The second kappa shape index (κ2) is 11.6. The van der Waals surface area contributed by atoms with Gasteiger partial charge in [-0.3, -0.25) is 9.69 Å². The molecule has 9 heteroatoms. The molecule has 0 spiro atoms. The van der Waals surface area contributed by atoms with Crippen LogP contribution in [0.4, 0.5) is 10.1 Å². The fraction of sp³-hybridized carbons (Fsp3) is 0.154. The van der Waals surface area contributed by atoms with E-state index in [0.29, 0.717) is 40.4 Å². The van der Waals surface area contributed by atoms with Gasteiger partial charge in [-0.15, -0.1) is 0 Å². The van der Waals surface area contributed by atoms with Crippen molar-refractivity contribution in [3.8, 4) is 11.5 Å². The Balaban J connectivity index is 1.58. The van der Waals surface area contributed by atoms with Crippen LogP contribution in [0.1, 0.15) is 18.1 Å². The molecule has 3 aromatic carbocycles. The van der Waals surface area contributed by atoms with Gasteiger partial charge in [-0.25, -0.2) is 9.38 Å². The molecule has 0 N–H and O–H groups in total. The molecule has 0 atom stereocenters. The molecule has 0 aliphatic carbocycles. The summed E-state index contributed by atoms with van der Waals surface area (Å²) in [6.07, 6.45) is 1.83. The Kier molecular flexibility index (Phi) is 8.51. The van der Waals surface area contributed by atoms with E-state index in [4.69, 9.17) is 9.47 Å². The van der Waals surface area contributed by atoms with Crippen LogP contribution in [0.25, 0.3) is 6.08 Å². The van der Waals surface area contributed by atoms with E-state index >= 15 is 0 Å². The summed E-state index contributed by atoms with van der Waals surface area (Å²) >= 11 is 6.94. The molecule has 0 unspecified atom stereocenters. The van der Waals surface area contributed by atoms with Gasteiger partial charge in [0.1, 0.15) is 12.4 Å². The summed E-state index contributed by atoms with van der Waals surface area (Å²) in [5.41, 5.74) is 2.44. The minimum absolute atomic E-state index is 0.122. The minimum Gasteiger partial charge on any atom is -0.493 e. The van der Waals surface area contributed by atoms with Crippen LogP contribution in [0.15, 0.2) is 75.0 Å². The van der Waals surface area contributed by atoms with Gasteiger partial charge < -0.3 is 9.47 Å². The molecular formula is C26H21BrFIN2O3S. The number of hydrogen-bond donors (Lipinski definition) is 0. The number of halogens is 3. The van der Waals surface area contributed by atoms with Crippen molar-refractivity contribution in [1.82, 2.24) is 4.90 Å². The molecule has 0 saturated carbocycles. The summed E-state index contributed by atoms with van der Waals surface area (Å²) < 4.78 is 26.8. The van der Waals surface area contributed by atoms with Crippen LogP contribution in [0.3, 0.4) is 0 Å². The number of amides is 1. The molecule has 0 aromatic heterocycles. The van der Waals surface area contributed by atoms with Gasteiger partial charge in [0.05, 0.1) is 21.3 Å². The zero-order valence-electron chi connectivity index (χ0n) is 18.9. The van der Waals surface area contributed by atoms with Crippen LogP contribution >= 0.6 is 50.3 Å². The Hall–Kier alpha value is -2.37. The van der Waals surface area contributed by atoms with Crippen LogP contribution in [0.2, 0.25) is 0 Å². The van der Waals surface area contributed by atoms with Gasteiger partial charge in [0.25, 0.3) is 5.91 Å². The highest BCUT2D eigenvalue weighted by Crippen LogP contribution is 2.38. The second-order valence-corrected chi connectivity index (χ2v) is 10.6. The Bertz CT molecular complexity index is 1300. The van der Waals surface area contributed by atoms with Gasteiger partial charge in [-0.05, 0) is 107 Å². The lowest BCUT2D eigenvalue weighted by Gasteiger charge is -2.14. The third-order valence-corrected chi connectivity index (χ3v) is 7.44. The van der Waals surface area contributed by atoms with E-state index in [0.717, 1.165) is 19.2 Å². The maximum Gasteiger partial charge on any atom is 0.266 e.